The Bertz CT molecular complexity index is 360. The molecule has 1 aliphatic rings. The second-order valence-corrected chi connectivity index (χ2v) is 8.38. The molecule has 3 heteroatoms. The Hall–Kier alpha value is -0.860. The van der Waals surface area contributed by atoms with Crippen LogP contribution in [0, 0.1) is 16.7 Å². The summed E-state index contributed by atoms with van der Waals surface area (Å²) in [6, 6.07) is 0. The number of hydrogen-bond acceptors (Lipinski definition) is 2. The van der Waals surface area contributed by atoms with Crippen LogP contribution in [-0.2, 0) is 9.59 Å². The highest BCUT2D eigenvalue weighted by Gasteiger charge is 2.44. The van der Waals surface area contributed by atoms with Gasteiger partial charge >= 0.3 is 0 Å². The summed E-state index contributed by atoms with van der Waals surface area (Å²) < 4.78 is 0. The standard InChI is InChI=1S/C17H31NO2/c1-16(2,3)10-8-7-9-11-18-14(19)12-13(15(18)20)17(4,5)6/h13H,7-12H2,1-6H3. The quantitative estimate of drug-likeness (QED) is 0.564. The first kappa shape index (κ1) is 17.2. The lowest BCUT2D eigenvalue weighted by atomic mass is 9.80. The second kappa shape index (κ2) is 6.28. The summed E-state index contributed by atoms with van der Waals surface area (Å²) in [7, 11) is 0. The number of rotatable bonds is 5. The fourth-order valence-corrected chi connectivity index (χ4v) is 2.70. The van der Waals surface area contributed by atoms with Crippen molar-refractivity contribution in [3.63, 3.8) is 0 Å². The number of carbonyl (C=O) groups excluding carboxylic acids is 2. The molecule has 3 nitrogen and oxygen atoms in total. The van der Waals surface area contributed by atoms with Crippen LogP contribution in [0.15, 0.2) is 0 Å². The van der Waals surface area contributed by atoms with Crippen LogP contribution in [0.5, 0.6) is 0 Å². The fourth-order valence-electron chi connectivity index (χ4n) is 2.70. The molecule has 0 aromatic heterocycles. The van der Waals surface area contributed by atoms with E-state index in [-0.39, 0.29) is 23.1 Å². The lowest BCUT2D eigenvalue weighted by molar-refractivity contribution is -0.140. The molecule has 20 heavy (non-hydrogen) atoms. The number of hydrogen-bond donors (Lipinski definition) is 0. The molecule has 0 aromatic carbocycles. The first-order valence-electron chi connectivity index (χ1n) is 7.86. The summed E-state index contributed by atoms with van der Waals surface area (Å²) in [5.41, 5.74) is 0.254. The van der Waals surface area contributed by atoms with E-state index >= 15 is 0 Å². The minimum Gasteiger partial charge on any atom is -0.282 e. The van der Waals surface area contributed by atoms with E-state index in [0.29, 0.717) is 18.4 Å². The molecule has 0 radical (unpaired) electrons. The Kier molecular flexibility index (Phi) is 5.39. The zero-order chi connectivity index (χ0) is 15.6. The summed E-state index contributed by atoms with van der Waals surface area (Å²) in [6.45, 7) is 13.5. The zero-order valence-corrected chi connectivity index (χ0v) is 14.1. The van der Waals surface area contributed by atoms with Gasteiger partial charge in [0.25, 0.3) is 0 Å². The number of imide groups is 1. The van der Waals surface area contributed by atoms with Crippen molar-refractivity contribution in [3.05, 3.63) is 0 Å². The van der Waals surface area contributed by atoms with Crippen LogP contribution in [0.3, 0.4) is 0 Å². The number of likely N-dealkylation sites (tertiary alicyclic amines) is 1. The van der Waals surface area contributed by atoms with E-state index in [0.717, 1.165) is 12.8 Å². The molecule has 1 fully saturated rings. The maximum Gasteiger partial charge on any atom is 0.233 e. The predicted octanol–water partition coefficient (Wildman–Crippen LogP) is 4.01. The van der Waals surface area contributed by atoms with Crippen LogP contribution < -0.4 is 0 Å². The van der Waals surface area contributed by atoms with E-state index in [9.17, 15) is 9.59 Å². The first-order chi connectivity index (χ1) is 9.02. The van der Waals surface area contributed by atoms with Gasteiger partial charge in [0.05, 0.1) is 5.92 Å². The van der Waals surface area contributed by atoms with Gasteiger partial charge in [-0.3, -0.25) is 14.5 Å². The summed E-state index contributed by atoms with van der Waals surface area (Å²) in [5.74, 6) is -0.0753. The highest BCUT2D eigenvalue weighted by molar-refractivity contribution is 6.03. The Morgan fingerprint density at radius 1 is 1.00 bits per heavy atom. The molecule has 1 saturated heterocycles. The molecule has 1 aliphatic heterocycles. The van der Waals surface area contributed by atoms with Crippen molar-refractivity contribution < 1.29 is 9.59 Å². The van der Waals surface area contributed by atoms with Crippen molar-refractivity contribution in [2.45, 2.75) is 73.6 Å². The highest BCUT2D eigenvalue weighted by atomic mass is 16.2. The summed E-state index contributed by atoms with van der Waals surface area (Å²) in [4.78, 5) is 25.8. The molecule has 2 amide bonds. The molecule has 0 spiro atoms. The summed E-state index contributed by atoms with van der Waals surface area (Å²) >= 11 is 0. The lowest BCUT2D eigenvalue weighted by Gasteiger charge is -2.25. The van der Waals surface area contributed by atoms with Crippen molar-refractivity contribution in [2.75, 3.05) is 6.54 Å². The average Bonchev–Trinajstić information content (AvgIpc) is 2.53. The molecular formula is C17H31NO2. The van der Waals surface area contributed by atoms with Gasteiger partial charge in [-0.25, -0.2) is 0 Å². The van der Waals surface area contributed by atoms with Crippen LogP contribution >= 0.6 is 0 Å². The summed E-state index contributed by atoms with van der Waals surface area (Å²) in [6.07, 6.45) is 4.78. The van der Waals surface area contributed by atoms with Gasteiger partial charge in [0.15, 0.2) is 0 Å². The van der Waals surface area contributed by atoms with E-state index in [1.807, 2.05) is 20.8 Å². The zero-order valence-electron chi connectivity index (χ0n) is 14.1. The summed E-state index contributed by atoms with van der Waals surface area (Å²) in [5, 5.41) is 0. The van der Waals surface area contributed by atoms with Crippen LogP contribution in [0.25, 0.3) is 0 Å². The first-order valence-corrected chi connectivity index (χ1v) is 7.86. The Balaban J connectivity index is 2.38. The third kappa shape index (κ3) is 4.92. The van der Waals surface area contributed by atoms with Crippen LogP contribution in [0.1, 0.15) is 73.6 Å². The largest absolute Gasteiger partial charge is 0.282 e. The maximum absolute atomic E-state index is 12.3. The van der Waals surface area contributed by atoms with Gasteiger partial charge in [0.1, 0.15) is 0 Å². The molecule has 1 rings (SSSR count). The average molecular weight is 281 g/mol. The van der Waals surface area contributed by atoms with Gasteiger partial charge < -0.3 is 0 Å². The number of amides is 2. The second-order valence-electron chi connectivity index (χ2n) is 8.38. The molecule has 0 aromatic rings. The molecule has 0 bridgehead atoms. The third-order valence-corrected chi connectivity index (χ3v) is 4.10. The molecule has 116 valence electrons. The number of unbranched alkanes of at least 4 members (excludes halogenated alkanes) is 2. The molecule has 1 atom stereocenters. The van der Waals surface area contributed by atoms with Gasteiger partial charge in [0.2, 0.25) is 11.8 Å². The third-order valence-electron chi connectivity index (χ3n) is 4.10. The van der Waals surface area contributed by atoms with Crippen molar-refractivity contribution in [3.8, 4) is 0 Å². The molecule has 1 unspecified atom stereocenters. The smallest absolute Gasteiger partial charge is 0.233 e. The van der Waals surface area contributed by atoms with Crippen molar-refractivity contribution in [1.29, 1.82) is 0 Å². The van der Waals surface area contributed by atoms with E-state index < -0.39 is 0 Å². The SMILES string of the molecule is CC(C)(C)CCCCCN1C(=O)CC(C(C)(C)C)C1=O. The monoisotopic (exact) mass is 281 g/mol. The van der Waals surface area contributed by atoms with Gasteiger partial charge in [-0.15, -0.1) is 0 Å². The Morgan fingerprint density at radius 3 is 2.05 bits per heavy atom. The Labute approximate surface area is 124 Å². The fraction of sp³-hybridized carbons (Fsp3) is 0.882. The molecular weight excluding hydrogens is 250 g/mol. The van der Waals surface area contributed by atoms with Gasteiger partial charge in [-0.2, -0.15) is 0 Å². The number of nitrogens with zero attached hydrogens (tertiary/aromatic N) is 1. The minimum atomic E-state index is -0.135. The van der Waals surface area contributed by atoms with Crippen molar-refractivity contribution in [1.82, 2.24) is 4.90 Å². The van der Waals surface area contributed by atoms with Gasteiger partial charge in [-0.05, 0) is 23.7 Å². The van der Waals surface area contributed by atoms with Crippen LogP contribution in [-0.4, -0.2) is 23.3 Å². The van der Waals surface area contributed by atoms with E-state index in [2.05, 4.69) is 20.8 Å². The molecule has 0 aliphatic carbocycles. The lowest BCUT2D eigenvalue weighted by Crippen LogP contribution is -2.34. The van der Waals surface area contributed by atoms with Gasteiger partial charge in [-0.1, -0.05) is 54.4 Å². The van der Waals surface area contributed by atoms with Crippen molar-refractivity contribution >= 4 is 11.8 Å². The van der Waals surface area contributed by atoms with E-state index in [1.165, 1.54) is 17.7 Å². The van der Waals surface area contributed by atoms with E-state index in [4.69, 9.17) is 0 Å². The Morgan fingerprint density at radius 2 is 1.60 bits per heavy atom. The minimum absolute atomic E-state index is 0.0192. The van der Waals surface area contributed by atoms with Crippen LogP contribution in [0.2, 0.25) is 0 Å². The predicted molar refractivity (Wildman–Crippen MR) is 82.2 cm³/mol. The molecule has 0 N–H and O–H groups in total. The van der Waals surface area contributed by atoms with Crippen molar-refractivity contribution in [2.24, 2.45) is 16.7 Å². The van der Waals surface area contributed by atoms with E-state index in [1.54, 1.807) is 0 Å². The maximum atomic E-state index is 12.3. The molecule has 1 heterocycles. The molecule has 0 saturated carbocycles. The topological polar surface area (TPSA) is 37.4 Å². The van der Waals surface area contributed by atoms with Crippen LogP contribution in [0.4, 0.5) is 0 Å². The normalized spacial score (nSPS) is 20.9. The highest BCUT2D eigenvalue weighted by Crippen LogP contribution is 2.35. The van der Waals surface area contributed by atoms with Gasteiger partial charge in [0, 0.05) is 13.0 Å². The number of carbonyl (C=O) groups is 2.